The van der Waals surface area contributed by atoms with Crippen molar-refractivity contribution in [3.05, 3.63) is 0 Å². The van der Waals surface area contributed by atoms with Gasteiger partial charge in [0.1, 0.15) is 0 Å². The topological polar surface area (TPSA) is 115 Å². The predicted molar refractivity (Wildman–Crippen MR) is 37.0 cm³/mol. The zero-order chi connectivity index (χ0) is 7.15. The molecular formula is C2H7NaO6Sr. The van der Waals surface area contributed by atoms with E-state index < -0.39 is 12.3 Å². The quantitative estimate of drug-likeness (QED) is 0.397. The summed E-state index contributed by atoms with van der Waals surface area (Å²) in [6, 6.07) is 0. The molecule has 0 aromatic carbocycles. The van der Waals surface area contributed by atoms with E-state index in [4.69, 9.17) is 30.0 Å². The molecule has 0 heterocycles. The van der Waals surface area contributed by atoms with Crippen molar-refractivity contribution in [3.8, 4) is 0 Å². The van der Waals surface area contributed by atoms with Gasteiger partial charge in [0.2, 0.25) is 0 Å². The molecule has 4 N–H and O–H groups in total. The molecule has 0 aromatic rings. The summed E-state index contributed by atoms with van der Waals surface area (Å²) in [7, 11) is 0. The van der Waals surface area contributed by atoms with Crippen molar-refractivity contribution in [2.75, 3.05) is 0 Å². The van der Waals surface area contributed by atoms with Crippen LogP contribution in [-0.2, 0) is 0 Å². The standard InChI is InChI=1S/2CH2O3.Na.Sr.3H/c2*2-1(3)4;;;;;/h2*(H2,2,3,4);;;;;. The van der Waals surface area contributed by atoms with E-state index in [0.717, 1.165) is 0 Å². The second-order valence-electron chi connectivity index (χ2n) is 0.565. The van der Waals surface area contributed by atoms with Crippen molar-refractivity contribution in [2.45, 2.75) is 0 Å². The first-order valence-electron chi connectivity index (χ1n) is 1.30. The van der Waals surface area contributed by atoms with Crippen LogP contribution in [0.25, 0.3) is 0 Å². The van der Waals surface area contributed by atoms with E-state index in [9.17, 15) is 0 Å². The van der Waals surface area contributed by atoms with Crippen LogP contribution < -0.4 is 0 Å². The summed E-state index contributed by atoms with van der Waals surface area (Å²) in [6.45, 7) is 0. The molecule has 54 valence electrons. The SMILES string of the molecule is O=C(O)O.O=C(O)O.[NaH].[SrH2]. The summed E-state index contributed by atoms with van der Waals surface area (Å²) < 4.78 is 0. The number of hydrogen-bond donors (Lipinski definition) is 4. The van der Waals surface area contributed by atoms with E-state index in [1.807, 2.05) is 0 Å². The van der Waals surface area contributed by atoms with Gasteiger partial charge in [-0.1, -0.05) is 0 Å². The van der Waals surface area contributed by atoms with Crippen molar-refractivity contribution in [3.63, 3.8) is 0 Å². The summed E-state index contributed by atoms with van der Waals surface area (Å²) >= 11 is 0. The molecule has 0 amide bonds. The van der Waals surface area contributed by atoms with Gasteiger partial charge >= 0.3 is 87.3 Å². The molecule has 0 fully saturated rings. The van der Waals surface area contributed by atoms with Crippen LogP contribution in [0.1, 0.15) is 0 Å². The molecule has 0 spiro atoms. The van der Waals surface area contributed by atoms with E-state index in [1.165, 1.54) is 0 Å². The zero-order valence-electron chi connectivity index (χ0n) is 3.61. The van der Waals surface area contributed by atoms with Crippen LogP contribution in [0.15, 0.2) is 0 Å². The molecule has 0 aliphatic carbocycles. The van der Waals surface area contributed by atoms with E-state index in [0.29, 0.717) is 0 Å². The Labute approximate surface area is 115 Å². The molecule has 0 aliphatic heterocycles. The van der Waals surface area contributed by atoms with E-state index in [1.54, 1.807) is 0 Å². The molecule has 8 heteroatoms. The molecule has 0 atom stereocenters. The van der Waals surface area contributed by atoms with Crippen molar-refractivity contribution in [1.29, 1.82) is 0 Å². The molecule has 0 aromatic heterocycles. The Morgan fingerprint density at radius 3 is 0.800 bits per heavy atom. The van der Waals surface area contributed by atoms with Crippen molar-refractivity contribution in [2.24, 2.45) is 0 Å². The van der Waals surface area contributed by atoms with Gasteiger partial charge in [-0.2, -0.15) is 0 Å². The average Bonchev–Trinajstić information content (AvgIpc) is 1.25. The first kappa shape index (κ1) is 22.5. The molecule has 0 saturated carbocycles. The normalized spacial score (nSPS) is 4.80. The number of rotatable bonds is 0. The first-order chi connectivity index (χ1) is 3.46. The first-order valence-corrected chi connectivity index (χ1v) is 1.30. The maximum atomic E-state index is 8.56. The minimum absolute atomic E-state index is 0. The molecule has 0 rings (SSSR count). The molecule has 0 aliphatic rings. The van der Waals surface area contributed by atoms with Crippen LogP contribution in [0, 0.1) is 0 Å². The van der Waals surface area contributed by atoms with Gasteiger partial charge in [0.25, 0.3) is 0 Å². The van der Waals surface area contributed by atoms with Gasteiger partial charge in [0.15, 0.2) is 0 Å². The minimum atomic E-state index is -1.83. The second kappa shape index (κ2) is 16.5. The van der Waals surface area contributed by atoms with Crippen LogP contribution in [0.2, 0.25) is 0 Å². The summed E-state index contributed by atoms with van der Waals surface area (Å²) in [5.74, 6) is 0. The molecule has 6 nitrogen and oxygen atoms in total. The molecule has 0 saturated heterocycles. The fourth-order valence-electron chi connectivity index (χ4n) is 0. The van der Waals surface area contributed by atoms with Crippen LogP contribution in [-0.4, -0.2) is 108 Å². The number of carbonyl (C=O) groups is 2. The Bertz CT molecular complexity index is 73.7. The molecular weight excluding hydrogens is 231 g/mol. The second-order valence-corrected chi connectivity index (χ2v) is 0.565. The third-order valence-corrected chi connectivity index (χ3v) is 0. The van der Waals surface area contributed by atoms with Crippen molar-refractivity contribution in [1.82, 2.24) is 0 Å². The molecule has 0 unspecified atom stereocenters. The Morgan fingerprint density at radius 1 is 0.800 bits per heavy atom. The Kier molecular flexibility index (Phi) is 37.1. The number of carboxylic acid groups (broad SMARTS) is 4. The molecule has 0 radical (unpaired) electrons. The summed E-state index contributed by atoms with van der Waals surface area (Å²) in [4.78, 5) is 17.1. The van der Waals surface area contributed by atoms with Gasteiger partial charge in [0.05, 0.1) is 0 Å². The van der Waals surface area contributed by atoms with Gasteiger partial charge in [0, 0.05) is 0 Å². The van der Waals surface area contributed by atoms with Gasteiger partial charge in [-0.25, -0.2) is 9.59 Å². The maximum absolute atomic E-state index is 8.56. The van der Waals surface area contributed by atoms with E-state index >= 15 is 0 Å². The van der Waals surface area contributed by atoms with Crippen molar-refractivity contribution >= 4 is 87.3 Å². The Morgan fingerprint density at radius 2 is 0.800 bits per heavy atom. The van der Waals surface area contributed by atoms with Gasteiger partial charge < -0.3 is 20.4 Å². The third-order valence-electron chi connectivity index (χ3n) is 0. The van der Waals surface area contributed by atoms with Gasteiger partial charge in [-0.15, -0.1) is 0 Å². The third kappa shape index (κ3) is 557. The summed E-state index contributed by atoms with van der Waals surface area (Å²) in [6.07, 6.45) is -3.67. The monoisotopic (exact) mass is 238 g/mol. The summed E-state index contributed by atoms with van der Waals surface area (Å²) in [5, 5.41) is 27.9. The van der Waals surface area contributed by atoms with Crippen LogP contribution >= 0.6 is 0 Å². The van der Waals surface area contributed by atoms with E-state index in [2.05, 4.69) is 0 Å². The average molecular weight is 238 g/mol. The fourth-order valence-corrected chi connectivity index (χ4v) is 0. The zero-order valence-corrected chi connectivity index (χ0v) is 3.61. The van der Waals surface area contributed by atoms with Crippen LogP contribution in [0.5, 0.6) is 0 Å². The Balaban J connectivity index is -0.0000000300. The molecule has 0 bridgehead atoms. The summed E-state index contributed by atoms with van der Waals surface area (Å²) in [5.41, 5.74) is 0. The predicted octanol–water partition coefficient (Wildman–Crippen LogP) is -1.12. The Hall–Kier alpha value is 1.02. The fraction of sp³-hybridized carbons (Fsp3) is 0. The number of hydrogen-bond acceptors (Lipinski definition) is 2. The van der Waals surface area contributed by atoms with Crippen LogP contribution in [0.3, 0.4) is 0 Å². The van der Waals surface area contributed by atoms with Crippen molar-refractivity contribution < 1.29 is 30.0 Å². The van der Waals surface area contributed by atoms with Crippen LogP contribution in [0.4, 0.5) is 9.59 Å². The molecule has 10 heavy (non-hydrogen) atoms. The van der Waals surface area contributed by atoms with Gasteiger partial charge in [-0.05, 0) is 0 Å². The van der Waals surface area contributed by atoms with Gasteiger partial charge in [-0.3, -0.25) is 0 Å². The van der Waals surface area contributed by atoms with E-state index in [-0.39, 0.29) is 75.0 Å².